The standard InChI is InChI=1S/C16H15F2N.C3H9N/c17-14-4-1-11(2-5-14)7-16-9-13-8-15(18)6-3-12(13)10-19-16;1-2-3-4/h1-6,8,16,19H,7,9-10H2;2-4H2,1H3. The number of halogens is 2. The third-order valence-corrected chi connectivity index (χ3v) is 3.90. The Kier molecular flexibility index (Phi) is 6.68. The van der Waals surface area contributed by atoms with Gasteiger partial charge >= 0.3 is 0 Å². The SMILES string of the molecule is CCCN.Fc1ccc(CC2Cc3cc(F)ccc3CN2)cc1. The summed E-state index contributed by atoms with van der Waals surface area (Å²) < 4.78 is 26.1. The van der Waals surface area contributed by atoms with Crippen LogP contribution in [0.25, 0.3) is 0 Å². The number of fused-ring (bicyclic) bond motifs is 1. The Hall–Kier alpha value is -1.78. The van der Waals surface area contributed by atoms with E-state index in [9.17, 15) is 8.78 Å². The van der Waals surface area contributed by atoms with Crippen molar-refractivity contribution < 1.29 is 8.78 Å². The molecule has 2 nitrogen and oxygen atoms in total. The number of nitrogens with one attached hydrogen (secondary N) is 1. The van der Waals surface area contributed by atoms with Crippen LogP contribution in [-0.2, 0) is 19.4 Å². The second kappa shape index (κ2) is 8.75. The highest BCUT2D eigenvalue weighted by molar-refractivity contribution is 5.31. The zero-order chi connectivity index (χ0) is 16.7. The maximum Gasteiger partial charge on any atom is 0.123 e. The smallest absolute Gasteiger partial charge is 0.123 e. The number of nitrogens with two attached hydrogens (primary N) is 1. The van der Waals surface area contributed by atoms with Crippen molar-refractivity contribution in [1.29, 1.82) is 0 Å². The molecule has 0 aromatic heterocycles. The number of hydrogen-bond donors (Lipinski definition) is 2. The quantitative estimate of drug-likeness (QED) is 0.908. The van der Waals surface area contributed by atoms with Crippen LogP contribution in [0.3, 0.4) is 0 Å². The van der Waals surface area contributed by atoms with Crippen molar-refractivity contribution in [1.82, 2.24) is 5.32 Å². The van der Waals surface area contributed by atoms with Crippen LogP contribution in [0, 0.1) is 11.6 Å². The van der Waals surface area contributed by atoms with Crippen molar-refractivity contribution in [3.63, 3.8) is 0 Å². The largest absolute Gasteiger partial charge is 0.330 e. The maximum atomic E-state index is 13.2. The van der Waals surface area contributed by atoms with E-state index >= 15 is 0 Å². The van der Waals surface area contributed by atoms with E-state index in [-0.39, 0.29) is 17.7 Å². The summed E-state index contributed by atoms with van der Waals surface area (Å²) in [7, 11) is 0. The van der Waals surface area contributed by atoms with Crippen molar-refractivity contribution in [3.8, 4) is 0 Å². The summed E-state index contributed by atoms with van der Waals surface area (Å²) in [4.78, 5) is 0. The van der Waals surface area contributed by atoms with Gasteiger partial charge in [-0.05, 0) is 66.8 Å². The van der Waals surface area contributed by atoms with E-state index in [2.05, 4.69) is 12.2 Å². The molecule has 3 N–H and O–H groups in total. The summed E-state index contributed by atoms with van der Waals surface area (Å²) in [6, 6.07) is 11.8. The summed E-state index contributed by atoms with van der Waals surface area (Å²) in [5.41, 5.74) is 8.36. The Morgan fingerprint density at radius 2 is 1.70 bits per heavy atom. The van der Waals surface area contributed by atoms with Crippen LogP contribution in [0.5, 0.6) is 0 Å². The molecule has 0 fully saturated rings. The summed E-state index contributed by atoms with van der Waals surface area (Å²) in [5.74, 6) is -0.394. The van der Waals surface area contributed by atoms with Gasteiger partial charge in [0.05, 0.1) is 0 Å². The first kappa shape index (κ1) is 17.6. The lowest BCUT2D eigenvalue weighted by Gasteiger charge is -2.26. The van der Waals surface area contributed by atoms with Crippen LogP contribution >= 0.6 is 0 Å². The van der Waals surface area contributed by atoms with Gasteiger partial charge in [0, 0.05) is 12.6 Å². The molecule has 0 amide bonds. The van der Waals surface area contributed by atoms with E-state index in [1.165, 1.54) is 18.2 Å². The molecule has 0 bridgehead atoms. The van der Waals surface area contributed by atoms with E-state index in [0.29, 0.717) is 0 Å². The highest BCUT2D eigenvalue weighted by atomic mass is 19.1. The Morgan fingerprint density at radius 1 is 1.04 bits per heavy atom. The van der Waals surface area contributed by atoms with Crippen molar-refractivity contribution in [2.24, 2.45) is 5.73 Å². The minimum atomic E-state index is -0.215. The minimum absolute atomic E-state index is 0.179. The molecule has 1 aliphatic rings. The van der Waals surface area contributed by atoms with Gasteiger partial charge in [-0.15, -0.1) is 0 Å². The third-order valence-electron chi connectivity index (χ3n) is 3.90. The zero-order valence-corrected chi connectivity index (χ0v) is 13.5. The number of rotatable bonds is 3. The third kappa shape index (κ3) is 5.41. The van der Waals surface area contributed by atoms with Crippen LogP contribution in [-0.4, -0.2) is 12.6 Å². The summed E-state index contributed by atoms with van der Waals surface area (Å²) in [5, 5.41) is 3.44. The average Bonchev–Trinajstić information content (AvgIpc) is 2.57. The average molecular weight is 318 g/mol. The fourth-order valence-electron chi connectivity index (χ4n) is 2.60. The molecule has 124 valence electrons. The van der Waals surface area contributed by atoms with Crippen LogP contribution in [0.2, 0.25) is 0 Å². The first-order valence-corrected chi connectivity index (χ1v) is 8.07. The second-order valence-corrected chi connectivity index (χ2v) is 5.81. The topological polar surface area (TPSA) is 38.0 Å². The molecule has 0 radical (unpaired) electrons. The van der Waals surface area contributed by atoms with E-state index in [4.69, 9.17) is 5.73 Å². The molecule has 1 aliphatic heterocycles. The number of hydrogen-bond acceptors (Lipinski definition) is 2. The summed E-state index contributed by atoms with van der Waals surface area (Å²) >= 11 is 0. The van der Waals surface area contributed by atoms with Gasteiger partial charge in [0.15, 0.2) is 0 Å². The second-order valence-electron chi connectivity index (χ2n) is 5.81. The molecule has 0 aliphatic carbocycles. The molecular weight excluding hydrogens is 294 g/mol. The van der Waals surface area contributed by atoms with Gasteiger partial charge in [-0.2, -0.15) is 0 Å². The minimum Gasteiger partial charge on any atom is -0.330 e. The molecular formula is C19H24F2N2. The van der Waals surface area contributed by atoms with E-state index in [1.807, 2.05) is 6.07 Å². The lowest BCUT2D eigenvalue weighted by atomic mass is 9.92. The molecule has 3 rings (SSSR count). The molecule has 1 heterocycles. The Labute approximate surface area is 136 Å². The van der Waals surface area contributed by atoms with Gasteiger partial charge in [-0.25, -0.2) is 8.78 Å². The summed E-state index contributed by atoms with van der Waals surface area (Å²) in [6.45, 7) is 3.64. The van der Waals surface area contributed by atoms with Crippen molar-refractivity contribution in [3.05, 3.63) is 70.8 Å². The Bertz CT molecular complexity index is 609. The fraction of sp³-hybridized carbons (Fsp3) is 0.368. The maximum absolute atomic E-state index is 13.2. The summed E-state index contributed by atoms with van der Waals surface area (Å²) in [6.07, 6.45) is 2.74. The van der Waals surface area contributed by atoms with E-state index in [1.54, 1.807) is 18.2 Å². The first-order chi connectivity index (χ1) is 11.1. The van der Waals surface area contributed by atoms with Crippen molar-refractivity contribution in [2.75, 3.05) is 6.54 Å². The van der Waals surface area contributed by atoms with Crippen LogP contribution in [0.4, 0.5) is 8.78 Å². The van der Waals surface area contributed by atoms with Crippen LogP contribution in [0.1, 0.15) is 30.0 Å². The molecule has 1 unspecified atom stereocenters. The molecule has 0 saturated heterocycles. The van der Waals surface area contributed by atoms with Crippen LogP contribution < -0.4 is 11.1 Å². The zero-order valence-electron chi connectivity index (χ0n) is 13.5. The fourth-order valence-corrected chi connectivity index (χ4v) is 2.60. The predicted molar refractivity (Wildman–Crippen MR) is 90.2 cm³/mol. The van der Waals surface area contributed by atoms with Gasteiger partial charge in [-0.1, -0.05) is 25.1 Å². The van der Waals surface area contributed by atoms with Gasteiger partial charge in [-0.3, -0.25) is 0 Å². The molecule has 2 aromatic rings. The molecule has 1 atom stereocenters. The van der Waals surface area contributed by atoms with Gasteiger partial charge < -0.3 is 11.1 Å². The normalized spacial score (nSPS) is 16.3. The molecule has 2 aromatic carbocycles. The van der Waals surface area contributed by atoms with Gasteiger partial charge in [0.2, 0.25) is 0 Å². The highest BCUT2D eigenvalue weighted by Crippen LogP contribution is 2.20. The van der Waals surface area contributed by atoms with E-state index < -0.39 is 0 Å². The lowest BCUT2D eigenvalue weighted by Crippen LogP contribution is -2.37. The molecule has 0 saturated carbocycles. The van der Waals surface area contributed by atoms with Crippen molar-refractivity contribution >= 4 is 0 Å². The number of benzene rings is 2. The monoisotopic (exact) mass is 318 g/mol. The van der Waals surface area contributed by atoms with Crippen LogP contribution in [0.15, 0.2) is 42.5 Å². The highest BCUT2D eigenvalue weighted by Gasteiger charge is 2.18. The van der Waals surface area contributed by atoms with Gasteiger partial charge in [0.25, 0.3) is 0 Å². The molecule has 0 spiro atoms. The predicted octanol–water partition coefficient (Wildman–Crippen LogP) is 3.58. The van der Waals surface area contributed by atoms with Gasteiger partial charge in [0.1, 0.15) is 11.6 Å². The van der Waals surface area contributed by atoms with Crippen molar-refractivity contribution in [2.45, 2.75) is 38.8 Å². The Morgan fingerprint density at radius 3 is 2.35 bits per heavy atom. The molecule has 4 heteroatoms. The first-order valence-electron chi connectivity index (χ1n) is 8.07. The molecule has 23 heavy (non-hydrogen) atoms. The lowest BCUT2D eigenvalue weighted by molar-refractivity contribution is 0.474. The van der Waals surface area contributed by atoms with E-state index in [0.717, 1.165) is 49.0 Å². The Balaban J connectivity index is 0.000000433.